The van der Waals surface area contributed by atoms with Gasteiger partial charge in [-0.25, -0.2) is 9.18 Å². The van der Waals surface area contributed by atoms with E-state index in [1.807, 2.05) is 13.8 Å². The molecule has 20 heavy (non-hydrogen) atoms. The first-order valence-corrected chi connectivity index (χ1v) is 6.27. The van der Waals surface area contributed by atoms with Gasteiger partial charge in [-0.15, -0.1) is 0 Å². The van der Waals surface area contributed by atoms with Gasteiger partial charge in [-0.2, -0.15) is 0 Å². The third-order valence-electron chi connectivity index (χ3n) is 3.11. The monoisotopic (exact) mass is 272 g/mol. The molecule has 3 rings (SSSR count). The Morgan fingerprint density at radius 3 is 2.70 bits per heavy atom. The van der Waals surface area contributed by atoms with Crippen molar-refractivity contribution in [1.29, 1.82) is 0 Å². The number of benzene rings is 1. The Morgan fingerprint density at radius 1 is 1.20 bits per heavy atom. The van der Waals surface area contributed by atoms with Crippen LogP contribution in [0.15, 0.2) is 45.6 Å². The predicted molar refractivity (Wildman–Crippen MR) is 74.1 cm³/mol. The molecule has 1 aliphatic heterocycles. The van der Waals surface area contributed by atoms with Gasteiger partial charge < -0.3 is 9.15 Å². The highest BCUT2D eigenvalue weighted by atomic mass is 19.1. The van der Waals surface area contributed by atoms with Gasteiger partial charge in [0.1, 0.15) is 28.5 Å². The van der Waals surface area contributed by atoms with Crippen LogP contribution in [0.2, 0.25) is 0 Å². The number of hydrogen-bond acceptors (Lipinski definition) is 3. The number of rotatable bonds is 1. The summed E-state index contributed by atoms with van der Waals surface area (Å²) in [4.78, 5) is 12.0. The Labute approximate surface area is 115 Å². The average Bonchev–Trinajstić information content (AvgIpc) is 2.37. The van der Waals surface area contributed by atoms with Gasteiger partial charge in [-0.05, 0) is 38.1 Å². The van der Waals surface area contributed by atoms with Gasteiger partial charge in [-0.3, -0.25) is 0 Å². The summed E-state index contributed by atoms with van der Waals surface area (Å²) in [5.41, 5.74) is -0.451. The first-order chi connectivity index (χ1) is 9.46. The Kier molecular flexibility index (Phi) is 2.74. The minimum Gasteiger partial charge on any atom is -0.483 e. The molecule has 0 aliphatic carbocycles. The fraction of sp³-hybridized carbons (Fsp3) is 0.188. The van der Waals surface area contributed by atoms with Crippen LogP contribution in [0.3, 0.4) is 0 Å². The largest absolute Gasteiger partial charge is 0.483 e. The molecular weight excluding hydrogens is 259 g/mol. The van der Waals surface area contributed by atoms with Crippen molar-refractivity contribution in [3.63, 3.8) is 0 Å². The number of fused-ring (bicyclic) bond motifs is 1. The van der Waals surface area contributed by atoms with Crippen LogP contribution in [0, 0.1) is 5.82 Å². The van der Waals surface area contributed by atoms with Gasteiger partial charge >= 0.3 is 5.63 Å². The fourth-order valence-electron chi connectivity index (χ4n) is 2.11. The molecular formula is C16H13FO3. The van der Waals surface area contributed by atoms with E-state index in [0.29, 0.717) is 11.3 Å². The van der Waals surface area contributed by atoms with Crippen molar-refractivity contribution in [3.8, 4) is 17.1 Å². The Bertz CT molecular complexity index is 757. The molecule has 4 heteroatoms. The number of hydrogen-bond donors (Lipinski definition) is 0. The Hall–Kier alpha value is -2.36. The molecule has 1 aromatic carbocycles. The lowest BCUT2D eigenvalue weighted by atomic mass is 10.0. The summed E-state index contributed by atoms with van der Waals surface area (Å²) in [6.07, 6.45) is 3.46. The molecule has 2 aromatic rings. The maximum Gasteiger partial charge on any atom is 0.347 e. The summed E-state index contributed by atoms with van der Waals surface area (Å²) in [5, 5.41) is 0. The lowest BCUT2D eigenvalue weighted by molar-refractivity contribution is 0.157. The topological polar surface area (TPSA) is 39.4 Å². The molecule has 2 heterocycles. The Morgan fingerprint density at radius 2 is 1.95 bits per heavy atom. The van der Waals surface area contributed by atoms with E-state index in [1.165, 1.54) is 6.07 Å². The van der Waals surface area contributed by atoms with E-state index < -0.39 is 17.0 Å². The van der Waals surface area contributed by atoms with Gasteiger partial charge in [0.2, 0.25) is 0 Å². The minimum absolute atomic E-state index is 0.165. The van der Waals surface area contributed by atoms with Crippen LogP contribution in [0.1, 0.15) is 19.4 Å². The van der Waals surface area contributed by atoms with Crippen LogP contribution in [-0.2, 0) is 0 Å². The highest BCUT2D eigenvalue weighted by Gasteiger charge is 2.25. The van der Waals surface area contributed by atoms with E-state index in [1.54, 1.807) is 36.4 Å². The van der Waals surface area contributed by atoms with Crippen molar-refractivity contribution in [2.45, 2.75) is 19.4 Å². The molecule has 3 nitrogen and oxygen atoms in total. The van der Waals surface area contributed by atoms with E-state index in [4.69, 9.17) is 9.15 Å². The molecule has 0 atom stereocenters. The van der Waals surface area contributed by atoms with Crippen molar-refractivity contribution in [2.75, 3.05) is 0 Å². The van der Waals surface area contributed by atoms with Crippen molar-refractivity contribution >= 4 is 6.08 Å². The van der Waals surface area contributed by atoms with Crippen molar-refractivity contribution in [3.05, 3.63) is 58.2 Å². The second-order valence-corrected chi connectivity index (χ2v) is 5.19. The van der Waals surface area contributed by atoms with E-state index in [-0.39, 0.29) is 11.3 Å². The molecule has 1 aromatic heterocycles. The van der Waals surface area contributed by atoms with Crippen LogP contribution in [-0.4, -0.2) is 5.60 Å². The van der Waals surface area contributed by atoms with Crippen LogP contribution in [0.4, 0.5) is 4.39 Å². The van der Waals surface area contributed by atoms with Gasteiger partial charge in [0.05, 0.1) is 5.56 Å². The second kappa shape index (κ2) is 4.34. The van der Waals surface area contributed by atoms with E-state index in [2.05, 4.69) is 0 Å². The summed E-state index contributed by atoms with van der Waals surface area (Å²) >= 11 is 0. The van der Waals surface area contributed by atoms with Gasteiger partial charge in [0.15, 0.2) is 0 Å². The molecule has 0 unspecified atom stereocenters. The van der Waals surface area contributed by atoms with Gasteiger partial charge in [0, 0.05) is 6.07 Å². The zero-order chi connectivity index (χ0) is 14.3. The van der Waals surface area contributed by atoms with Gasteiger partial charge in [-0.1, -0.05) is 12.1 Å². The van der Waals surface area contributed by atoms with E-state index in [0.717, 1.165) is 0 Å². The normalized spacial score (nSPS) is 15.6. The maximum absolute atomic E-state index is 13.8. The summed E-state index contributed by atoms with van der Waals surface area (Å²) in [7, 11) is 0. The lowest BCUT2D eigenvalue weighted by Gasteiger charge is -2.27. The molecule has 102 valence electrons. The average molecular weight is 272 g/mol. The summed E-state index contributed by atoms with van der Waals surface area (Å²) in [5.74, 6) is 0.131. The predicted octanol–water partition coefficient (Wildman–Crippen LogP) is 3.63. The highest BCUT2D eigenvalue weighted by Crippen LogP contribution is 2.32. The number of ether oxygens (including phenoxy) is 1. The highest BCUT2D eigenvalue weighted by molar-refractivity contribution is 5.66. The molecule has 0 saturated carbocycles. The van der Waals surface area contributed by atoms with Crippen molar-refractivity contribution < 1.29 is 13.5 Å². The lowest BCUT2D eigenvalue weighted by Crippen LogP contribution is -2.29. The SMILES string of the molecule is CC1(C)C=Cc2c(cc(-c3ccccc3F)oc2=O)O1. The van der Waals surface area contributed by atoms with Crippen LogP contribution >= 0.6 is 0 Å². The zero-order valence-corrected chi connectivity index (χ0v) is 11.1. The third kappa shape index (κ3) is 2.13. The molecule has 0 saturated heterocycles. The standard InChI is InChI=1S/C16H13FO3/c1-16(2)8-7-11-14(20-16)9-13(19-15(11)18)10-5-3-4-6-12(10)17/h3-9H,1-2H3. The second-order valence-electron chi connectivity index (χ2n) is 5.19. The van der Waals surface area contributed by atoms with Crippen molar-refractivity contribution in [1.82, 2.24) is 0 Å². The molecule has 0 amide bonds. The quantitative estimate of drug-likeness (QED) is 0.795. The molecule has 0 radical (unpaired) electrons. The molecule has 0 N–H and O–H groups in total. The van der Waals surface area contributed by atoms with Crippen LogP contribution in [0.25, 0.3) is 17.4 Å². The summed E-state index contributed by atoms with van der Waals surface area (Å²) < 4.78 is 24.7. The first-order valence-electron chi connectivity index (χ1n) is 6.27. The zero-order valence-electron chi connectivity index (χ0n) is 11.1. The smallest absolute Gasteiger partial charge is 0.347 e. The molecule has 0 bridgehead atoms. The van der Waals surface area contributed by atoms with Crippen molar-refractivity contribution in [2.24, 2.45) is 0 Å². The summed E-state index contributed by atoms with van der Waals surface area (Å²) in [6, 6.07) is 7.70. The van der Waals surface area contributed by atoms with Gasteiger partial charge in [0.25, 0.3) is 0 Å². The Balaban J connectivity index is 2.18. The maximum atomic E-state index is 13.8. The first kappa shape index (κ1) is 12.7. The van der Waals surface area contributed by atoms with Crippen LogP contribution in [0.5, 0.6) is 5.75 Å². The minimum atomic E-state index is -0.535. The van der Waals surface area contributed by atoms with E-state index >= 15 is 0 Å². The molecule has 1 aliphatic rings. The molecule has 0 spiro atoms. The summed E-state index contributed by atoms with van der Waals surface area (Å²) in [6.45, 7) is 3.76. The third-order valence-corrected chi connectivity index (χ3v) is 3.11. The fourth-order valence-corrected chi connectivity index (χ4v) is 2.11. The number of halogens is 1. The van der Waals surface area contributed by atoms with E-state index in [9.17, 15) is 9.18 Å². The van der Waals surface area contributed by atoms with Crippen LogP contribution < -0.4 is 10.4 Å². The molecule has 0 fully saturated rings.